The Labute approximate surface area is 158 Å². The van der Waals surface area contributed by atoms with Crippen molar-refractivity contribution in [1.29, 1.82) is 0 Å². The number of ether oxygens (including phenoxy) is 2. The highest BCUT2D eigenvalue weighted by Gasteiger charge is 2.36. The maximum Gasteiger partial charge on any atom is 0.256 e. The Balaban J connectivity index is 1.47. The van der Waals surface area contributed by atoms with E-state index in [0.717, 1.165) is 25.1 Å². The van der Waals surface area contributed by atoms with Gasteiger partial charge in [-0.1, -0.05) is 12.8 Å². The van der Waals surface area contributed by atoms with Crippen molar-refractivity contribution < 1.29 is 19.1 Å². The van der Waals surface area contributed by atoms with Crippen molar-refractivity contribution in [3.63, 3.8) is 0 Å². The molecule has 4 rings (SSSR count). The zero-order valence-corrected chi connectivity index (χ0v) is 15.6. The summed E-state index contributed by atoms with van der Waals surface area (Å²) in [6.45, 7) is 2.57. The van der Waals surface area contributed by atoms with Gasteiger partial charge < -0.3 is 25.0 Å². The van der Waals surface area contributed by atoms with Gasteiger partial charge in [0.05, 0.1) is 31.5 Å². The first kappa shape index (κ1) is 18.2. The number of hydrogen-bond acceptors (Lipinski definition) is 6. The highest BCUT2D eigenvalue weighted by Crippen LogP contribution is 2.33. The molecule has 0 bridgehead atoms. The first-order valence-corrected chi connectivity index (χ1v) is 9.65. The number of carbonyl (C=O) groups excluding carboxylic acids is 2. The normalized spacial score (nSPS) is 22.8. The fourth-order valence-corrected chi connectivity index (χ4v) is 4.11. The summed E-state index contributed by atoms with van der Waals surface area (Å²) < 4.78 is 10.9. The molecule has 1 saturated heterocycles. The van der Waals surface area contributed by atoms with Crippen LogP contribution in [0.4, 0.5) is 0 Å². The molecule has 2 fully saturated rings. The van der Waals surface area contributed by atoms with Gasteiger partial charge in [0.15, 0.2) is 0 Å². The van der Waals surface area contributed by atoms with E-state index in [1.54, 1.807) is 7.11 Å². The molecular formula is C19H26N4O4. The van der Waals surface area contributed by atoms with Crippen LogP contribution in [0.3, 0.4) is 0 Å². The Hall–Kier alpha value is -2.19. The molecule has 8 nitrogen and oxygen atoms in total. The molecular weight excluding hydrogens is 348 g/mol. The van der Waals surface area contributed by atoms with Crippen LogP contribution in [0.2, 0.25) is 0 Å². The van der Waals surface area contributed by atoms with Crippen molar-refractivity contribution in [2.45, 2.75) is 50.9 Å². The summed E-state index contributed by atoms with van der Waals surface area (Å²) in [6.07, 6.45) is 3.99. The number of amides is 2. The van der Waals surface area contributed by atoms with Gasteiger partial charge in [-0.2, -0.15) is 0 Å². The van der Waals surface area contributed by atoms with Gasteiger partial charge in [-0.05, 0) is 18.9 Å². The minimum atomic E-state index is -0.494. The average Bonchev–Trinajstić information content (AvgIpc) is 3.34. The molecule has 1 atom stereocenters. The number of carbonyl (C=O) groups is 2. The van der Waals surface area contributed by atoms with E-state index in [2.05, 4.69) is 15.6 Å². The van der Waals surface area contributed by atoms with Crippen molar-refractivity contribution in [2.75, 3.05) is 26.8 Å². The van der Waals surface area contributed by atoms with Crippen LogP contribution >= 0.6 is 0 Å². The molecule has 27 heavy (non-hydrogen) atoms. The molecule has 1 aliphatic carbocycles. The molecule has 1 saturated carbocycles. The maximum absolute atomic E-state index is 12.9. The highest BCUT2D eigenvalue weighted by molar-refractivity contribution is 5.98. The Morgan fingerprint density at radius 3 is 2.96 bits per heavy atom. The van der Waals surface area contributed by atoms with Gasteiger partial charge >= 0.3 is 0 Å². The average molecular weight is 374 g/mol. The number of nitrogens with one attached hydrogen (secondary N) is 2. The predicted octanol–water partition coefficient (Wildman–Crippen LogP) is 0.593. The number of pyridine rings is 1. The lowest BCUT2D eigenvalue weighted by Gasteiger charge is -2.23. The lowest BCUT2D eigenvalue weighted by Crippen LogP contribution is -2.47. The minimum absolute atomic E-state index is 0.0412. The lowest BCUT2D eigenvalue weighted by molar-refractivity contribution is -0.134. The third-order valence-electron chi connectivity index (χ3n) is 5.58. The molecule has 2 N–H and O–H groups in total. The smallest absolute Gasteiger partial charge is 0.256 e. The predicted molar refractivity (Wildman–Crippen MR) is 97.4 cm³/mol. The zero-order chi connectivity index (χ0) is 18.8. The van der Waals surface area contributed by atoms with E-state index in [1.807, 2.05) is 11.0 Å². The molecule has 146 valence electrons. The second-order valence-electron chi connectivity index (χ2n) is 7.30. The van der Waals surface area contributed by atoms with E-state index in [-0.39, 0.29) is 18.4 Å². The van der Waals surface area contributed by atoms with Gasteiger partial charge in [0.2, 0.25) is 5.88 Å². The van der Waals surface area contributed by atoms with Gasteiger partial charge in [0, 0.05) is 31.2 Å². The van der Waals surface area contributed by atoms with E-state index in [1.165, 1.54) is 12.8 Å². The summed E-state index contributed by atoms with van der Waals surface area (Å²) >= 11 is 0. The van der Waals surface area contributed by atoms with Crippen LogP contribution in [-0.4, -0.2) is 60.7 Å². The monoisotopic (exact) mass is 374 g/mol. The summed E-state index contributed by atoms with van der Waals surface area (Å²) in [5.41, 5.74) is 2.09. The number of nitrogens with zero attached hydrogens (tertiary/aromatic N) is 2. The molecule has 2 amide bonds. The van der Waals surface area contributed by atoms with E-state index < -0.39 is 6.10 Å². The Bertz CT molecular complexity index is 727. The van der Waals surface area contributed by atoms with E-state index >= 15 is 0 Å². The quantitative estimate of drug-likeness (QED) is 0.784. The third kappa shape index (κ3) is 3.64. The van der Waals surface area contributed by atoms with Crippen LogP contribution in [-0.2, 0) is 22.6 Å². The summed E-state index contributed by atoms with van der Waals surface area (Å²) in [4.78, 5) is 31.6. The fraction of sp³-hybridized carbons (Fsp3) is 0.632. The van der Waals surface area contributed by atoms with Gasteiger partial charge in [0.1, 0.15) is 6.10 Å². The highest BCUT2D eigenvalue weighted by atomic mass is 16.5. The van der Waals surface area contributed by atoms with Gasteiger partial charge in [-0.15, -0.1) is 0 Å². The molecule has 0 aromatic carbocycles. The molecule has 0 spiro atoms. The van der Waals surface area contributed by atoms with Crippen LogP contribution < -0.4 is 15.4 Å². The van der Waals surface area contributed by atoms with Crippen molar-refractivity contribution in [1.82, 2.24) is 20.5 Å². The first-order chi connectivity index (χ1) is 13.2. The second kappa shape index (κ2) is 7.82. The number of hydrogen-bond donors (Lipinski definition) is 2. The molecule has 2 aliphatic heterocycles. The standard InChI is InChI=1S/C19H26N4O4/c1-26-18-12(9-21-17(24)16-10-20-6-7-27-16)8-14-15(22-18)11-23(19(14)25)13-4-2-3-5-13/h8,13,16,20H,2-7,9-11H2,1H3,(H,21,24). The molecule has 3 aliphatic rings. The van der Waals surface area contributed by atoms with Crippen LogP contribution in [0.5, 0.6) is 5.88 Å². The summed E-state index contributed by atoms with van der Waals surface area (Å²) in [6, 6.07) is 2.13. The topological polar surface area (TPSA) is 92.8 Å². The number of morpholine rings is 1. The largest absolute Gasteiger partial charge is 0.481 e. The van der Waals surface area contributed by atoms with Crippen molar-refractivity contribution in [3.8, 4) is 5.88 Å². The van der Waals surface area contributed by atoms with E-state index in [0.29, 0.717) is 42.7 Å². The van der Waals surface area contributed by atoms with Gasteiger partial charge in [0.25, 0.3) is 11.8 Å². The van der Waals surface area contributed by atoms with Crippen LogP contribution in [0.25, 0.3) is 0 Å². The van der Waals surface area contributed by atoms with Crippen molar-refractivity contribution in [3.05, 3.63) is 22.9 Å². The zero-order valence-electron chi connectivity index (χ0n) is 15.6. The fourth-order valence-electron chi connectivity index (χ4n) is 4.11. The van der Waals surface area contributed by atoms with Crippen LogP contribution in [0, 0.1) is 0 Å². The molecule has 3 heterocycles. The van der Waals surface area contributed by atoms with Gasteiger partial charge in [-0.25, -0.2) is 4.98 Å². The summed E-state index contributed by atoms with van der Waals surface area (Å²) in [7, 11) is 1.56. The summed E-state index contributed by atoms with van der Waals surface area (Å²) in [5.74, 6) is 0.320. The third-order valence-corrected chi connectivity index (χ3v) is 5.58. The van der Waals surface area contributed by atoms with Crippen molar-refractivity contribution >= 4 is 11.8 Å². The minimum Gasteiger partial charge on any atom is -0.481 e. The maximum atomic E-state index is 12.9. The number of rotatable bonds is 5. The Kier molecular flexibility index (Phi) is 5.27. The van der Waals surface area contributed by atoms with Crippen LogP contribution in [0.15, 0.2) is 6.07 Å². The number of aromatic nitrogens is 1. The van der Waals surface area contributed by atoms with E-state index in [9.17, 15) is 9.59 Å². The Morgan fingerprint density at radius 1 is 1.44 bits per heavy atom. The first-order valence-electron chi connectivity index (χ1n) is 9.65. The molecule has 1 aromatic heterocycles. The molecule has 1 aromatic rings. The lowest BCUT2D eigenvalue weighted by atomic mass is 10.1. The van der Waals surface area contributed by atoms with Crippen LogP contribution in [0.1, 0.15) is 47.3 Å². The van der Waals surface area contributed by atoms with Crippen molar-refractivity contribution in [2.24, 2.45) is 0 Å². The molecule has 0 radical (unpaired) electrons. The summed E-state index contributed by atoms with van der Waals surface area (Å²) in [5, 5.41) is 6.00. The molecule has 8 heteroatoms. The SMILES string of the molecule is COc1nc2c(cc1CNC(=O)C1CNCCO1)C(=O)N(C1CCCC1)C2. The van der Waals surface area contributed by atoms with E-state index in [4.69, 9.17) is 9.47 Å². The molecule has 1 unspecified atom stereocenters. The number of methoxy groups -OCH3 is 1. The number of fused-ring (bicyclic) bond motifs is 1. The van der Waals surface area contributed by atoms with Gasteiger partial charge in [-0.3, -0.25) is 9.59 Å². The second-order valence-corrected chi connectivity index (χ2v) is 7.30. The Morgan fingerprint density at radius 2 is 2.26 bits per heavy atom.